The number of hydrogen-bond acceptors (Lipinski definition) is 13. The van der Waals surface area contributed by atoms with Gasteiger partial charge in [0.25, 0.3) is 0 Å². The molecule has 0 radical (unpaired) electrons. The summed E-state index contributed by atoms with van der Waals surface area (Å²) in [6.07, 6.45) is 3.99. The van der Waals surface area contributed by atoms with Crippen LogP contribution >= 0.6 is 0 Å². The van der Waals surface area contributed by atoms with E-state index in [-0.39, 0.29) is 6.29 Å². The molecular weight excluding hydrogens is 801 g/mol. The number of aldehydes is 1. The van der Waals surface area contributed by atoms with E-state index in [0.717, 1.165) is 34.4 Å². The number of anilines is 2. The summed E-state index contributed by atoms with van der Waals surface area (Å²) in [4.78, 5) is 20.1. The third-order valence-corrected chi connectivity index (χ3v) is 9.69. The van der Waals surface area contributed by atoms with Gasteiger partial charge < -0.3 is 39.8 Å². The topological polar surface area (TPSA) is 179 Å². The Balaban J connectivity index is 0.000000174. The summed E-state index contributed by atoms with van der Waals surface area (Å²) in [5.41, 5.74) is 5.81. The van der Waals surface area contributed by atoms with E-state index in [9.17, 15) is 15.0 Å². The van der Waals surface area contributed by atoms with E-state index in [1.807, 2.05) is 97.1 Å². The first-order valence-corrected chi connectivity index (χ1v) is 20.4. The van der Waals surface area contributed by atoms with E-state index in [2.05, 4.69) is 25.7 Å². The van der Waals surface area contributed by atoms with Crippen molar-refractivity contribution >= 4 is 29.0 Å². The number of benzene rings is 4. The number of aromatic nitrogens is 6. The zero-order valence-electron chi connectivity index (χ0n) is 35.3. The highest BCUT2D eigenvalue weighted by atomic mass is 16.7. The van der Waals surface area contributed by atoms with Gasteiger partial charge in [-0.25, -0.2) is 19.0 Å². The Bertz CT molecular complexity index is 2780. The van der Waals surface area contributed by atoms with E-state index >= 15 is 0 Å². The minimum Gasteiger partial charge on any atom is -0.438 e. The SMILES string of the molecule is CC(C)(O)CNc1cc(Oc2ccccc2)nn2c(-c3ccc(C4OCCO4)cc3)cnc12.CC(C)(O)CNc1cc(Oc2ccccc2)nn2c(-c3ccc(C=O)cc3)cnc12. The fourth-order valence-corrected chi connectivity index (χ4v) is 6.58. The number of aliphatic hydroxyl groups is 2. The highest BCUT2D eigenvalue weighted by Gasteiger charge is 2.21. The molecule has 0 aliphatic carbocycles. The van der Waals surface area contributed by atoms with Crippen molar-refractivity contribution in [2.45, 2.75) is 45.2 Å². The lowest BCUT2D eigenvalue weighted by Gasteiger charge is -2.19. The number of hydrogen-bond donors (Lipinski definition) is 4. The van der Waals surface area contributed by atoms with Crippen molar-refractivity contribution in [3.63, 3.8) is 0 Å². The van der Waals surface area contributed by atoms with Gasteiger partial charge in [-0.2, -0.15) is 0 Å². The Labute approximate surface area is 363 Å². The fourth-order valence-electron chi connectivity index (χ4n) is 6.58. The molecule has 63 heavy (non-hydrogen) atoms. The fraction of sp³-hybridized carbons (Fsp3) is 0.229. The number of fused-ring (bicyclic) bond motifs is 2. The average Bonchev–Trinajstić information content (AvgIpc) is 4.07. The second-order valence-corrected chi connectivity index (χ2v) is 16.1. The first-order chi connectivity index (χ1) is 30.4. The summed E-state index contributed by atoms with van der Waals surface area (Å²) >= 11 is 0. The zero-order chi connectivity index (χ0) is 44.0. The molecule has 4 aromatic carbocycles. The second-order valence-electron chi connectivity index (χ2n) is 16.1. The second kappa shape index (κ2) is 18.4. The molecule has 1 saturated heterocycles. The summed E-state index contributed by atoms with van der Waals surface area (Å²) in [5, 5.41) is 36.1. The summed E-state index contributed by atoms with van der Waals surface area (Å²) in [7, 11) is 0. The largest absolute Gasteiger partial charge is 0.438 e. The van der Waals surface area contributed by atoms with Crippen LogP contribution in [0.4, 0.5) is 11.4 Å². The monoisotopic (exact) mass is 848 g/mol. The van der Waals surface area contributed by atoms with Crippen LogP contribution in [0.1, 0.15) is 49.9 Å². The maximum Gasteiger partial charge on any atom is 0.239 e. The van der Waals surface area contributed by atoms with Crippen molar-refractivity contribution in [1.29, 1.82) is 0 Å². The Morgan fingerprint density at radius 2 is 1.08 bits per heavy atom. The van der Waals surface area contributed by atoms with Crippen molar-refractivity contribution in [1.82, 2.24) is 29.2 Å². The normalized spacial score (nSPS) is 13.1. The van der Waals surface area contributed by atoms with Crippen LogP contribution in [-0.4, -0.2) is 83.2 Å². The van der Waals surface area contributed by atoms with Crippen LogP contribution < -0.4 is 20.1 Å². The molecule has 4 N–H and O–H groups in total. The summed E-state index contributed by atoms with van der Waals surface area (Å²) < 4.78 is 26.6. The molecule has 1 aliphatic heterocycles. The number of rotatable bonds is 14. The standard InChI is InChI=1S/C25H26N4O4.C23H22N4O3/c1-25(2,30)16-27-20-14-22(33-19-6-4-3-5-7-19)28-29-21(15-26-23(20)29)17-8-10-18(11-9-17)24-31-12-13-32-24;1-23(2,29)15-25-19-12-21(30-18-6-4-3-5-7-18)26-27-20(13-24-22(19)27)17-10-8-16(14-28)9-11-17/h3-11,14-15,24,27,30H,12-13,16H2,1-2H3;3-14,25,29H,15H2,1-2H3. The number of ether oxygens (including phenoxy) is 4. The third-order valence-electron chi connectivity index (χ3n) is 9.69. The molecule has 8 aromatic rings. The number of nitrogens with zero attached hydrogens (tertiary/aromatic N) is 6. The third kappa shape index (κ3) is 10.7. The van der Waals surface area contributed by atoms with Crippen molar-refractivity contribution in [3.8, 4) is 45.8 Å². The molecule has 15 nitrogen and oxygen atoms in total. The lowest BCUT2D eigenvalue weighted by Crippen LogP contribution is -2.29. The van der Waals surface area contributed by atoms with Gasteiger partial charge in [0.1, 0.15) is 17.8 Å². The minimum atomic E-state index is -0.902. The molecule has 15 heteroatoms. The van der Waals surface area contributed by atoms with Gasteiger partial charge in [0.15, 0.2) is 17.6 Å². The summed E-state index contributed by atoms with van der Waals surface area (Å²) in [6, 6.07) is 37.6. The predicted octanol–water partition coefficient (Wildman–Crippen LogP) is 8.60. The van der Waals surface area contributed by atoms with Gasteiger partial charge >= 0.3 is 0 Å². The van der Waals surface area contributed by atoms with Crippen LogP contribution in [0.15, 0.2) is 134 Å². The summed E-state index contributed by atoms with van der Waals surface area (Å²) in [5.74, 6) is 2.14. The summed E-state index contributed by atoms with van der Waals surface area (Å²) in [6.45, 7) is 8.83. The van der Waals surface area contributed by atoms with Crippen molar-refractivity contribution in [2.24, 2.45) is 0 Å². The molecule has 0 saturated carbocycles. The Morgan fingerprint density at radius 3 is 1.49 bits per heavy atom. The van der Waals surface area contributed by atoms with E-state index in [1.54, 1.807) is 73.4 Å². The molecule has 1 aliphatic rings. The number of imidazole rings is 2. The van der Waals surface area contributed by atoms with Crippen LogP contribution in [0.5, 0.6) is 23.3 Å². The molecule has 0 bridgehead atoms. The van der Waals surface area contributed by atoms with Crippen LogP contribution in [-0.2, 0) is 9.47 Å². The van der Waals surface area contributed by atoms with E-state index in [0.29, 0.717) is 77.8 Å². The van der Waals surface area contributed by atoms with E-state index < -0.39 is 11.2 Å². The highest BCUT2D eigenvalue weighted by Crippen LogP contribution is 2.32. The first kappa shape index (κ1) is 42.5. The molecule has 0 atom stereocenters. The number of nitrogens with one attached hydrogen (secondary N) is 2. The first-order valence-electron chi connectivity index (χ1n) is 20.4. The molecule has 5 heterocycles. The van der Waals surface area contributed by atoms with Crippen molar-refractivity contribution < 1.29 is 34.0 Å². The Morgan fingerprint density at radius 1 is 0.651 bits per heavy atom. The van der Waals surface area contributed by atoms with Crippen molar-refractivity contribution in [2.75, 3.05) is 36.9 Å². The number of carbonyl (C=O) groups excluding carboxylic acids is 1. The quantitative estimate of drug-likeness (QED) is 0.0766. The number of para-hydroxylation sites is 2. The molecule has 322 valence electrons. The maximum atomic E-state index is 11.0. The highest BCUT2D eigenvalue weighted by molar-refractivity contribution is 5.78. The molecular formula is C48H48N8O7. The molecule has 4 aromatic heterocycles. The maximum absolute atomic E-state index is 11.0. The van der Waals surface area contributed by atoms with Crippen LogP contribution in [0, 0.1) is 0 Å². The van der Waals surface area contributed by atoms with Crippen molar-refractivity contribution in [3.05, 3.63) is 145 Å². The molecule has 9 rings (SSSR count). The van der Waals surface area contributed by atoms with Gasteiger partial charge in [-0.3, -0.25) is 4.79 Å². The van der Waals surface area contributed by atoms with Gasteiger partial charge in [0.05, 0.1) is 59.6 Å². The average molecular weight is 849 g/mol. The smallest absolute Gasteiger partial charge is 0.239 e. The number of carbonyl (C=O) groups is 1. The van der Waals surface area contributed by atoms with Crippen LogP contribution in [0.3, 0.4) is 0 Å². The Kier molecular flexibility index (Phi) is 12.4. The van der Waals surface area contributed by atoms with E-state index in [1.165, 1.54) is 0 Å². The van der Waals surface area contributed by atoms with Gasteiger partial charge in [-0.1, -0.05) is 84.9 Å². The van der Waals surface area contributed by atoms with Gasteiger partial charge in [-0.15, -0.1) is 10.2 Å². The molecule has 1 fully saturated rings. The zero-order valence-corrected chi connectivity index (χ0v) is 35.3. The van der Waals surface area contributed by atoms with Gasteiger partial charge in [-0.05, 0) is 52.0 Å². The van der Waals surface area contributed by atoms with Crippen LogP contribution in [0.25, 0.3) is 33.8 Å². The molecule has 0 spiro atoms. The van der Waals surface area contributed by atoms with Gasteiger partial charge in [0, 0.05) is 47.5 Å². The molecule has 0 unspecified atom stereocenters. The predicted molar refractivity (Wildman–Crippen MR) is 239 cm³/mol. The van der Waals surface area contributed by atoms with E-state index in [4.69, 9.17) is 24.0 Å². The Hall–Kier alpha value is -7.17. The van der Waals surface area contributed by atoms with Crippen LogP contribution in [0.2, 0.25) is 0 Å². The lowest BCUT2D eigenvalue weighted by atomic mass is 10.1. The lowest BCUT2D eigenvalue weighted by molar-refractivity contribution is -0.0441. The minimum absolute atomic E-state index is 0.317. The van der Waals surface area contributed by atoms with Gasteiger partial charge in [0.2, 0.25) is 11.8 Å². The molecule has 0 amide bonds.